The van der Waals surface area contributed by atoms with Crippen molar-refractivity contribution in [2.45, 2.75) is 6.04 Å². The molecule has 1 atom stereocenters. The molecule has 1 aliphatic rings. The number of nitrogens with one attached hydrogen (secondary N) is 1. The molecule has 0 spiro atoms. The number of rotatable bonds is 5. The first kappa shape index (κ1) is 14.7. The fraction of sp³-hybridized carbons (Fsp3) is 0.357. The lowest BCUT2D eigenvalue weighted by molar-refractivity contribution is -0.129. The monoisotopic (exact) mass is 294 g/mol. The lowest BCUT2D eigenvalue weighted by Gasteiger charge is -2.35. The maximum Gasteiger partial charge on any atom is 0.242 e. The summed E-state index contributed by atoms with van der Waals surface area (Å²) >= 11 is 0. The standard InChI is InChI=1S/C14H18N2O3S/c1-2-20(18,19)11-10-16-9-8-15-14(17)13(16)12-6-4-3-5-7-12/h2-7,13H,1,8-11H2,(H,15,17). The molecule has 1 saturated heterocycles. The molecule has 0 bridgehead atoms. The van der Waals surface area contributed by atoms with Crippen molar-refractivity contribution in [3.63, 3.8) is 0 Å². The molecule has 0 aliphatic carbocycles. The first-order chi connectivity index (χ1) is 9.53. The molecule has 1 aliphatic heterocycles. The molecule has 1 heterocycles. The zero-order chi connectivity index (χ0) is 14.6. The van der Waals surface area contributed by atoms with Gasteiger partial charge in [0.25, 0.3) is 0 Å². The van der Waals surface area contributed by atoms with Crippen molar-refractivity contribution in [2.24, 2.45) is 0 Å². The molecule has 1 unspecified atom stereocenters. The summed E-state index contributed by atoms with van der Waals surface area (Å²) in [6.07, 6.45) is 0. The number of benzene rings is 1. The second kappa shape index (κ2) is 6.19. The Bertz CT molecular complexity index is 584. The fourth-order valence-corrected chi connectivity index (χ4v) is 2.94. The molecule has 0 radical (unpaired) electrons. The largest absolute Gasteiger partial charge is 0.353 e. The Morgan fingerprint density at radius 3 is 2.70 bits per heavy atom. The number of hydrogen-bond donors (Lipinski definition) is 1. The zero-order valence-corrected chi connectivity index (χ0v) is 12.0. The van der Waals surface area contributed by atoms with Crippen molar-refractivity contribution in [1.82, 2.24) is 10.2 Å². The molecule has 1 amide bonds. The molecule has 5 nitrogen and oxygen atoms in total. The molecular formula is C14H18N2O3S. The van der Waals surface area contributed by atoms with Crippen molar-refractivity contribution in [2.75, 3.05) is 25.4 Å². The third-order valence-corrected chi connectivity index (χ3v) is 4.60. The van der Waals surface area contributed by atoms with Crippen molar-refractivity contribution in [1.29, 1.82) is 0 Å². The van der Waals surface area contributed by atoms with Crippen molar-refractivity contribution >= 4 is 15.7 Å². The summed E-state index contributed by atoms with van der Waals surface area (Å²) in [5, 5.41) is 3.79. The van der Waals surface area contributed by atoms with Crippen LogP contribution in [0.2, 0.25) is 0 Å². The van der Waals surface area contributed by atoms with E-state index in [0.29, 0.717) is 19.6 Å². The molecular weight excluding hydrogens is 276 g/mol. The summed E-state index contributed by atoms with van der Waals surface area (Å²) in [5.74, 6) is -0.105. The van der Waals surface area contributed by atoms with Gasteiger partial charge >= 0.3 is 0 Å². The van der Waals surface area contributed by atoms with Gasteiger partial charge in [-0.3, -0.25) is 9.69 Å². The van der Waals surface area contributed by atoms with Gasteiger partial charge in [0.15, 0.2) is 9.84 Å². The third-order valence-electron chi connectivity index (χ3n) is 3.34. The number of carbonyl (C=O) groups is 1. The highest BCUT2D eigenvalue weighted by molar-refractivity contribution is 7.94. The van der Waals surface area contributed by atoms with Crippen LogP contribution in [-0.2, 0) is 14.6 Å². The number of amides is 1. The Hall–Kier alpha value is -1.66. The van der Waals surface area contributed by atoms with Crippen LogP contribution >= 0.6 is 0 Å². The second-order valence-corrected chi connectivity index (χ2v) is 6.74. The van der Waals surface area contributed by atoms with Crippen LogP contribution in [0.4, 0.5) is 0 Å². The number of nitrogens with zero attached hydrogens (tertiary/aromatic N) is 1. The highest BCUT2D eigenvalue weighted by atomic mass is 32.2. The van der Waals surface area contributed by atoms with Crippen LogP contribution in [0, 0.1) is 0 Å². The molecule has 1 aromatic rings. The molecule has 1 fully saturated rings. The molecule has 0 saturated carbocycles. The summed E-state index contributed by atoms with van der Waals surface area (Å²) < 4.78 is 23.0. The number of sulfone groups is 1. The van der Waals surface area contributed by atoms with Crippen molar-refractivity contribution in [3.05, 3.63) is 47.9 Å². The van der Waals surface area contributed by atoms with E-state index in [1.54, 1.807) is 0 Å². The SMILES string of the molecule is C=CS(=O)(=O)CCN1CCNC(=O)C1c1ccccc1. The van der Waals surface area contributed by atoms with E-state index < -0.39 is 15.9 Å². The van der Waals surface area contributed by atoms with Gasteiger partial charge in [0.05, 0.1) is 5.75 Å². The van der Waals surface area contributed by atoms with Crippen LogP contribution in [0.1, 0.15) is 11.6 Å². The van der Waals surface area contributed by atoms with Gasteiger partial charge in [-0.2, -0.15) is 0 Å². The minimum atomic E-state index is -3.25. The van der Waals surface area contributed by atoms with E-state index in [9.17, 15) is 13.2 Å². The average Bonchev–Trinajstić information content (AvgIpc) is 2.46. The van der Waals surface area contributed by atoms with Gasteiger partial charge in [0, 0.05) is 25.0 Å². The van der Waals surface area contributed by atoms with E-state index in [1.165, 1.54) is 0 Å². The maximum absolute atomic E-state index is 12.1. The van der Waals surface area contributed by atoms with E-state index in [0.717, 1.165) is 11.0 Å². The van der Waals surface area contributed by atoms with Crippen molar-refractivity contribution < 1.29 is 13.2 Å². The van der Waals surface area contributed by atoms with Gasteiger partial charge in [0.1, 0.15) is 6.04 Å². The van der Waals surface area contributed by atoms with E-state index in [4.69, 9.17) is 0 Å². The molecule has 1 aromatic carbocycles. The van der Waals surface area contributed by atoms with Crippen molar-refractivity contribution in [3.8, 4) is 0 Å². The highest BCUT2D eigenvalue weighted by Crippen LogP contribution is 2.22. The predicted molar refractivity (Wildman–Crippen MR) is 77.7 cm³/mol. The van der Waals surface area contributed by atoms with Crippen LogP contribution in [-0.4, -0.2) is 44.6 Å². The van der Waals surface area contributed by atoms with Gasteiger partial charge in [0.2, 0.25) is 5.91 Å². The summed E-state index contributed by atoms with van der Waals surface area (Å²) in [4.78, 5) is 14.0. The normalized spacial score (nSPS) is 20.4. The van der Waals surface area contributed by atoms with Gasteiger partial charge in [-0.15, -0.1) is 0 Å². The minimum Gasteiger partial charge on any atom is -0.353 e. The maximum atomic E-state index is 12.1. The van der Waals surface area contributed by atoms with Crippen LogP contribution < -0.4 is 5.32 Å². The Labute approximate surface area is 119 Å². The van der Waals surface area contributed by atoms with Crippen LogP contribution in [0.15, 0.2) is 42.3 Å². The lowest BCUT2D eigenvalue weighted by atomic mass is 10.0. The smallest absolute Gasteiger partial charge is 0.242 e. The van der Waals surface area contributed by atoms with Crippen LogP contribution in [0.5, 0.6) is 0 Å². The molecule has 108 valence electrons. The minimum absolute atomic E-state index is 0.0207. The molecule has 1 N–H and O–H groups in total. The number of piperazine rings is 1. The Morgan fingerprint density at radius 2 is 2.05 bits per heavy atom. The number of carbonyl (C=O) groups excluding carboxylic acids is 1. The van der Waals surface area contributed by atoms with E-state index in [2.05, 4.69) is 11.9 Å². The number of hydrogen-bond acceptors (Lipinski definition) is 4. The Balaban J connectivity index is 2.17. The van der Waals surface area contributed by atoms with Crippen LogP contribution in [0.3, 0.4) is 0 Å². The molecule has 20 heavy (non-hydrogen) atoms. The zero-order valence-electron chi connectivity index (χ0n) is 11.2. The van der Waals surface area contributed by atoms with E-state index >= 15 is 0 Å². The first-order valence-corrected chi connectivity index (χ1v) is 8.17. The Kier molecular flexibility index (Phi) is 4.57. The van der Waals surface area contributed by atoms with E-state index in [1.807, 2.05) is 35.2 Å². The van der Waals surface area contributed by atoms with Gasteiger partial charge < -0.3 is 5.32 Å². The van der Waals surface area contributed by atoms with E-state index in [-0.39, 0.29) is 11.7 Å². The first-order valence-electron chi connectivity index (χ1n) is 6.45. The third kappa shape index (κ3) is 3.46. The summed E-state index contributed by atoms with van der Waals surface area (Å²) in [7, 11) is -3.25. The second-order valence-electron chi connectivity index (χ2n) is 4.67. The summed E-state index contributed by atoms with van der Waals surface area (Å²) in [6, 6.07) is 8.96. The summed E-state index contributed by atoms with van der Waals surface area (Å²) in [5.41, 5.74) is 0.876. The fourth-order valence-electron chi connectivity index (χ4n) is 2.28. The molecule has 6 heteroatoms. The van der Waals surface area contributed by atoms with Gasteiger partial charge in [-0.05, 0) is 5.56 Å². The Morgan fingerprint density at radius 1 is 1.35 bits per heavy atom. The molecule has 0 aromatic heterocycles. The lowest BCUT2D eigenvalue weighted by Crippen LogP contribution is -2.51. The summed E-state index contributed by atoms with van der Waals surface area (Å²) in [6.45, 7) is 4.80. The molecule has 2 rings (SSSR count). The average molecular weight is 294 g/mol. The topological polar surface area (TPSA) is 66.5 Å². The van der Waals surface area contributed by atoms with Gasteiger partial charge in [-0.25, -0.2) is 8.42 Å². The quantitative estimate of drug-likeness (QED) is 0.869. The van der Waals surface area contributed by atoms with Gasteiger partial charge in [-0.1, -0.05) is 36.9 Å². The highest BCUT2D eigenvalue weighted by Gasteiger charge is 2.31. The predicted octanol–water partition coefficient (Wildman–Crippen LogP) is 0.718. The van der Waals surface area contributed by atoms with Crippen LogP contribution in [0.25, 0.3) is 0 Å².